The number of amides is 2. The Morgan fingerprint density at radius 3 is 2.67 bits per heavy atom. The van der Waals surface area contributed by atoms with Crippen LogP contribution in [-0.2, 0) is 20.9 Å². The molecule has 7 heteroatoms. The van der Waals surface area contributed by atoms with Crippen molar-refractivity contribution in [1.29, 1.82) is 0 Å². The number of rotatable bonds is 5. The summed E-state index contributed by atoms with van der Waals surface area (Å²) in [4.78, 5) is 29.1. The third-order valence-corrected chi connectivity index (χ3v) is 4.11. The zero-order chi connectivity index (χ0) is 19.2. The fourth-order valence-corrected chi connectivity index (χ4v) is 2.78. The lowest BCUT2D eigenvalue weighted by Gasteiger charge is -2.14. The quantitative estimate of drug-likeness (QED) is 0.850. The van der Waals surface area contributed by atoms with E-state index in [2.05, 4.69) is 15.6 Å². The van der Waals surface area contributed by atoms with Crippen molar-refractivity contribution >= 4 is 23.4 Å². The lowest BCUT2D eigenvalue weighted by atomic mass is 10.0. The highest BCUT2D eigenvalue weighted by Crippen LogP contribution is 2.24. The molecule has 0 aliphatic carbocycles. The summed E-state index contributed by atoms with van der Waals surface area (Å²) in [6.45, 7) is 2.21. The number of hydrogen-bond donors (Lipinski definition) is 2. The lowest BCUT2D eigenvalue weighted by Crippen LogP contribution is -2.42. The number of alkyl carbamates (subject to hydrolysis) is 1. The Labute approximate surface area is 157 Å². The number of benzodiazepines with no additional fused rings is 1. The van der Waals surface area contributed by atoms with Gasteiger partial charge in [0.25, 0.3) is 5.91 Å². The summed E-state index contributed by atoms with van der Waals surface area (Å²) >= 11 is 0. The molecule has 0 bridgehead atoms. The van der Waals surface area contributed by atoms with Crippen molar-refractivity contribution in [3.63, 3.8) is 0 Å². The van der Waals surface area contributed by atoms with Crippen LogP contribution >= 0.6 is 0 Å². The summed E-state index contributed by atoms with van der Waals surface area (Å²) in [5.41, 5.74) is 3.76. The molecule has 0 saturated carbocycles. The van der Waals surface area contributed by atoms with E-state index in [1.165, 1.54) is 0 Å². The van der Waals surface area contributed by atoms with Gasteiger partial charge in [-0.3, -0.25) is 15.1 Å². The zero-order valence-electron chi connectivity index (χ0n) is 15.2. The van der Waals surface area contributed by atoms with Gasteiger partial charge < -0.3 is 14.8 Å². The summed E-state index contributed by atoms with van der Waals surface area (Å²) < 4.78 is 10.4. The van der Waals surface area contributed by atoms with Crippen LogP contribution in [-0.4, -0.2) is 37.6 Å². The standard InChI is InChI=1S/C20H21N3O4/c1-13-7-6-10-15-16(12-26-2)21-18(19(24)22-17(13)15)23-20(25)27-11-14-8-4-3-5-9-14/h3-10,18H,11-12H2,1-2H3,(H,22,24)(H,23,25)/t18-/m1/s1. The summed E-state index contributed by atoms with van der Waals surface area (Å²) in [5.74, 6) is -0.437. The van der Waals surface area contributed by atoms with Gasteiger partial charge in [-0.1, -0.05) is 48.5 Å². The first-order chi connectivity index (χ1) is 13.1. The van der Waals surface area contributed by atoms with Crippen molar-refractivity contribution in [2.75, 3.05) is 19.0 Å². The number of carbonyl (C=O) groups is 2. The van der Waals surface area contributed by atoms with Crippen LogP contribution < -0.4 is 10.6 Å². The molecule has 1 atom stereocenters. The van der Waals surface area contributed by atoms with Crippen molar-refractivity contribution in [3.05, 3.63) is 65.2 Å². The molecule has 2 aromatic carbocycles. The van der Waals surface area contributed by atoms with Gasteiger partial charge >= 0.3 is 6.09 Å². The van der Waals surface area contributed by atoms with E-state index in [0.29, 0.717) is 11.4 Å². The molecular formula is C20H21N3O4. The number of nitrogens with zero attached hydrogens (tertiary/aromatic N) is 1. The second-order valence-corrected chi connectivity index (χ2v) is 6.10. The predicted octanol–water partition coefficient (Wildman–Crippen LogP) is 2.64. The molecule has 3 rings (SSSR count). The molecule has 0 radical (unpaired) electrons. The molecule has 2 N–H and O–H groups in total. The Balaban J connectivity index is 1.75. The van der Waals surface area contributed by atoms with E-state index >= 15 is 0 Å². The SMILES string of the molecule is COCC1=N[C@H](NC(=O)OCc2ccccc2)C(=O)Nc2c(C)cccc21. The minimum Gasteiger partial charge on any atom is -0.445 e. The maximum Gasteiger partial charge on any atom is 0.409 e. The first kappa shape index (κ1) is 18.6. The van der Waals surface area contributed by atoms with Crippen LogP contribution in [0.4, 0.5) is 10.5 Å². The average Bonchev–Trinajstić information content (AvgIpc) is 2.80. The number of benzene rings is 2. The van der Waals surface area contributed by atoms with E-state index in [9.17, 15) is 9.59 Å². The van der Waals surface area contributed by atoms with Crippen LogP contribution in [0.2, 0.25) is 0 Å². The Morgan fingerprint density at radius 1 is 1.15 bits per heavy atom. The number of nitrogens with one attached hydrogen (secondary N) is 2. The van der Waals surface area contributed by atoms with Crippen molar-refractivity contribution in [2.45, 2.75) is 19.7 Å². The van der Waals surface area contributed by atoms with Crippen LogP contribution in [0.3, 0.4) is 0 Å². The van der Waals surface area contributed by atoms with Gasteiger partial charge in [-0.25, -0.2) is 4.79 Å². The van der Waals surface area contributed by atoms with Gasteiger partial charge in [-0.05, 0) is 18.1 Å². The van der Waals surface area contributed by atoms with E-state index in [1.54, 1.807) is 7.11 Å². The first-order valence-electron chi connectivity index (χ1n) is 8.52. The normalized spacial score (nSPS) is 15.9. The molecule has 7 nitrogen and oxygen atoms in total. The smallest absolute Gasteiger partial charge is 0.409 e. The monoisotopic (exact) mass is 367 g/mol. The van der Waals surface area contributed by atoms with Gasteiger partial charge in [0, 0.05) is 12.7 Å². The van der Waals surface area contributed by atoms with E-state index in [0.717, 1.165) is 16.7 Å². The number of methoxy groups -OCH3 is 1. The summed E-state index contributed by atoms with van der Waals surface area (Å²) in [6.07, 6.45) is -1.83. The molecule has 27 heavy (non-hydrogen) atoms. The van der Waals surface area contributed by atoms with Crippen LogP contribution in [0.25, 0.3) is 0 Å². The number of hydrogen-bond acceptors (Lipinski definition) is 5. The maximum atomic E-state index is 12.6. The highest BCUT2D eigenvalue weighted by Gasteiger charge is 2.27. The third-order valence-electron chi connectivity index (χ3n) is 4.11. The number of anilines is 1. The highest BCUT2D eigenvalue weighted by molar-refractivity contribution is 6.13. The molecule has 0 spiro atoms. The van der Waals surface area contributed by atoms with Crippen molar-refractivity contribution in [3.8, 4) is 0 Å². The van der Waals surface area contributed by atoms with Gasteiger partial charge in [0.1, 0.15) is 6.61 Å². The van der Waals surface area contributed by atoms with E-state index in [1.807, 2.05) is 55.5 Å². The minimum atomic E-state index is -1.11. The molecule has 1 aliphatic heterocycles. The summed E-state index contributed by atoms with van der Waals surface area (Å²) in [7, 11) is 1.55. The largest absolute Gasteiger partial charge is 0.445 e. The Kier molecular flexibility index (Phi) is 5.83. The third kappa shape index (κ3) is 4.51. The van der Waals surface area contributed by atoms with Crippen molar-refractivity contribution in [2.24, 2.45) is 4.99 Å². The number of aryl methyl sites for hydroxylation is 1. The van der Waals surface area contributed by atoms with Crippen molar-refractivity contribution in [1.82, 2.24) is 5.32 Å². The number of para-hydroxylation sites is 1. The summed E-state index contributed by atoms with van der Waals surface area (Å²) in [5, 5.41) is 5.33. The summed E-state index contributed by atoms with van der Waals surface area (Å²) in [6, 6.07) is 14.9. The molecule has 1 heterocycles. The van der Waals surface area contributed by atoms with Crippen LogP contribution in [0.5, 0.6) is 0 Å². The molecule has 0 saturated heterocycles. The van der Waals surface area contributed by atoms with Gasteiger partial charge in [0.2, 0.25) is 6.17 Å². The second-order valence-electron chi connectivity index (χ2n) is 6.10. The second kappa shape index (κ2) is 8.46. The minimum absolute atomic E-state index is 0.106. The van der Waals surface area contributed by atoms with Crippen LogP contribution in [0, 0.1) is 6.92 Å². The number of carbonyl (C=O) groups excluding carboxylic acids is 2. The van der Waals surface area contributed by atoms with Crippen LogP contribution in [0.15, 0.2) is 53.5 Å². The van der Waals surface area contributed by atoms with E-state index < -0.39 is 18.2 Å². The van der Waals surface area contributed by atoms with Gasteiger partial charge in [-0.15, -0.1) is 0 Å². The van der Waals surface area contributed by atoms with Crippen LogP contribution in [0.1, 0.15) is 16.7 Å². The fraction of sp³-hybridized carbons (Fsp3) is 0.250. The van der Waals surface area contributed by atoms with E-state index in [4.69, 9.17) is 9.47 Å². The number of fused-ring (bicyclic) bond motifs is 1. The van der Waals surface area contributed by atoms with Crippen molar-refractivity contribution < 1.29 is 19.1 Å². The molecule has 140 valence electrons. The molecular weight excluding hydrogens is 346 g/mol. The molecule has 1 aliphatic rings. The maximum absolute atomic E-state index is 12.6. The fourth-order valence-electron chi connectivity index (χ4n) is 2.78. The highest BCUT2D eigenvalue weighted by atomic mass is 16.5. The molecule has 0 fully saturated rings. The number of ether oxygens (including phenoxy) is 2. The average molecular weight is 367 g/mol. The predicted molar refractivity (Wildman–Crippen MR) is 102 cm³/mol. The van der Waals surface area contributed by atoms with Gasteiger partial charge in [-0.2, -0.15) is 0 Å². The Morgan fingerprint density at radius 2 is 1.93 bits per heavy atom. The molecule has 0 unspecified atom stereocenters. The Bertz CT molecular complexity index is 865. The van der Waals surface area contributed by atoms with Gasteiger partial charge in [0.05, 0.1) is 18.0 Å². The molecule has 2 aromatic rings. The molecule has 0 aromatic heterocycles. The topological polar surface area (TPSA) is 89.0 Å². The molecule has 2 amide bonds. The van der Waals surface area contributed by atoms with E-state index in [-0.39, 0.29) is 13.2 Å². The van der Waals surface area contributed by atoms with Gasteiger partial charge in [0.15, 0.2) is 0 Å². The zero-order valence-corrected chi connectivity index (χ0v) is 15.2. The lowest BCUT2D eigenvalue weighted by molar-refractivity contribution is -0.117. The Hall–Kier alpha value is -3.19. The number of aliphatic imine (C=N–C) groups is 1. The first-order valence-corrected chi connectivity index (χ1v) is 8.52.